The lowest BCUT2D eigenvalue weighted by atomic mass is 10.1. The van der Waals surface area contributed by atoms with Crippen LogP contribution in [0.5, 0.6) is 0 Å². The van der Waals surface area contributed by atoms with Crippen LogP contribution < -0.4 is 0 Å². The third kappa shape index (κ3) is 3.26. The molecule has 0 radical (unpaired) electrons. The predicted octanol–water partition coefficient (Wildman–Crippen LogP) is 1.20. The second-order valence-electron chi connectivity index (χ2n) is 5.07. The van der Waals surface area contributed by atoms with Gasteiger partial charge in [0.05, 0.1) is 0 Å². The number of aromatic nitrogens is 3. The number of nitrogens with zero attached hydrogens (tertiary/aromatic N) is 4. The molecule has 0 fully saturated rings. The lowest BCUT2D eigenvalue weighted by molar-refractivity contribution is -0.130. The van der Waals surface area contributed by atoms with Crippen LogP contribution >= 0.6 is 0 Å². The average Bonchev–Trinajstić information content (AvgIpc) is 2.96. The monoisotopic (exact) mass is 336 g/mol. The van der Waals surface area contributed by atoms with E-state index in [-0.39, 0.29) is 5.16 Å². The summed E-state index contributed by atoms with van der Waals surface area (Å²) in [5.74, 6) is -0.454. The molecule has 1 aromatic carbocycles. The number of carbonyl (C=O) groups excluding carboxylic acids is 1. The minimum atomic E-state index is -4.01. The molecule has 8 heteroatoms. The van der Waals surface area contributed by atoms with Crippen molar-refractivity contribution in [2.24, 2.45) is 7.05 Å². The smallest absolute Gasteiger partial charge is 0.250 e. The van der Waals surface area contributed by atoms with Gasteiger partial charge in [-0.2, -0.15) is 0 Å². The Bertz CT molecular complexity index is 767. The van der Waals surface area contributed by atoms with E-state index in [1.54, 1.807) is 30.3 Å². The summed E-state index contributed by atoms with van der Waals surface area (Å²) >= 11 is 0. The number of aryl methyl sites for hydroxylation is 1. The summed E-state index contributed by atoms with van der Waals surface area (Å²) in [5, 5.41) is 5.76. The topological polar surface area (TPSA) is 85.2 Å². The Hall–Kier alpha value is -2.22. The van der Waals surface area contributed by atoms with Crippen molar-refractivity contribution < 1.29 is 13.2 Å². The Balaban J connectivity index is 2.59. The van der Waals surface area contributed by atoms with Gasteiger partial charge in [-0.25, -0.2) is 8.42 Å². The molecule has 0 spiro atoms. The summed E-state index contributed by atoms with van der Waals surface area (Å²) in [6, 6.07) is 8.48. The fourth-order valence-electron chi connectivity index (χ4n) is 2.42. The normalized spacial score (nSPS) is 12.8. The van der Waals surface area contributed by atoms with Crippen LogP contribution in [0.25, 0.3) is 0 Å². The molecule has 1 heterocycles. The summed E-state index contributed by atoms with van der Waals surface area (Å²) in [4.78, 5) is 14.4. The minimum absolute atomic E-state index is 0.216. The van der Waals surface area contributed by atoms with Gasteiger partial charge in [0.15, 0.2) is 5.25 Å². The standard InChI is InChI=1S/C15H20N4O3S/c1-4-19(5-2)14(20)13(12-9-7-6-8-10-12)23(21,22)15-17-16-11-18(15)3/h6-11,13H,4-5H2,1-3H3/t13-/m1/s1. The summed E-state index contributed by atoms with van der Waals surface area (Å²) in [6.07, 6.45) is 1.30. The Morgan fingerprint density at radius 1 is 1.22 bits per heavy atom. The number of benzene rings is 1. The Morgan fingerprint density at radius 3 is 2.30 bits per heavy atom. The largest absolute Gasteiger partial charge is 0.342 e. The zero-order valence-corrected chi connectivity index (χ0v) is 14.2. The number of amides is 1. The molecule has 1 aromatic heterocycles. The molecule has 1 amide bonds. The number of hydrogen-bond acceptors (Lipinski definition) is 5. The van der Waals surface area contributed by atoms with Crippen molar-refractivity contribution in [1.29, 1.82) is 0 Å². The molecule has 0 unspecified atom stereocenters. The summed E-state index contributed by atoms with van der Waals surface area (Å²) in [6.45, 7) is 4.51. The van der Waals surface area contributed by atoms with Crippen LogP contribution in [0.4, 0.5) is 0 Å². The fourth-order valence-corrected chi connectivity index (χ4v) is 4.17. The van der Waals surface area contributed by atoms with Gasteiger partial charge in [0.2, 0.25) is 20.9 Å². The Morgan fingerprint density at radius 2 is 1.83 bits per heavy atom. The van der Waals surface area contributed by atoms with Crippen molar-refractivity contribution in [3.05, 3.63) is 42.2 Å². The van der Waals surface area contributed by atoms with Crippen molar-refractivity contribution >= 4 is 15.7 Å². The highest BCUT2D eigenvalue weighted by Crippen LogP contribution is 2.29. The quantitative estimate of drug-likeness (QED) is 0.791. The number of hydrogen-bond donors (Lipinski definition) is 0. The van der Waals surface area contributed by atoms with Crippen molar-refractivity contribution in [2.45, 2.75) is 24.3 Å². The molecule has 7 nitrogen and oxygen atoms in total. The number of likely N-dealkylation sites (N-methyl/N-ethyl adjacent to an activating group) is 1. The molecule has 23 heavy (non-hydrogen) atoms. The van der Waals surface area contributed by atoms with Crippen LogP contribution in [0, 0.1) is 0 Å². The zero-order chi connectivity index (χ0) is 17.0. The maximum Gasteiger partial charge on any atom is 0.250 e. The van der Waals surface area contributed by atoms with E-state index in [2.05, 4.69) is 10.2 Å². The van der Waals surface area contributed by atoms with E-state index in [0.717, 1.165) is 0 Å². The van der Waals surface area contributed by atoms with Gasteiger partial charge in [-0.15, -0.1) is 10.2 Å². The Kier molecular flexibility index (Phi) is 5.15. The summed E-state index contributed by atoms with van der Waals surface area (Å²) in [5.41, 5.74) is 0.424. The first-order chi connectivity index (χ1) is 10.9. The van der Waals surface area contributed by atoms with Crippen LogP contribution in [0.3, 0.4) is 0 Å². The number of carbonyl (C=O) groups is 1. The highest BCUT2D eigenvalue weighted by atomic mass is 32.2. The maximum atomic E-state index is 13.0. The van der Waals surface area contributed by atoms with Crippen molar-refractivity contribution in [3.63, 3.8) is 0 Å². The molecule has 124 valence electrons. The van der Waals surface area contributed by atoms with Gasteiger partial charge in [-0.05, 0) is 19.4 Å². The molecule has 0 aliphatic carbocycles. The van der Waals surface area contributed by atoms with E-state index in [1.807, 2.05) is 13.8 Å². The fraction of sp³-hybridized carbons (Fsp3) is 0.400. The third-order valence-electron chi connectivity index (χ3n) is 3.64. The number of sulfone groups is 1. The molecule has 0 saturated carbocycles. The molecule has 0 aliphatic rings. The van der Waals surface area contributed by atoms with Gasteiger partial charge in [-0.3, -0.25) is 4.79 Å². The van der Waals surface area contributed by atoms with Gasteiger partial charge in [0.25, 0.3) is 0 Å². The molecule has 2 aromatic rings. The van der Waals surface area contributed by atoms with Gasteiger partial charge in [-0.1, -0.05) is 30.3 Å². The van der Waals surface area contributed by atoms with E-state index >= 15 is 0 Å². The molecular formula is C15H20N4O3S. The van der Waals surface area contributed by atoms with E-state index < -0.39 is 21.0 Å². The first-order valence-electron chi connectivity index (χ1n) is 7.35. The number of rotatable bonds is 6. The molecule has 1 atom stereocenters. The van der Waals surface area contributed by atoms with Crippen molar-refractivity contribution in [2.75, 3.05) is 13.1 Å². The zero-order valence-electron chi connectivity index (χ0n) is 13.4. The summed E-state index contributed by atoms with van der Waals surface area (Å²) < 4.78 is 27.3. The third-order valence-corrected chi connectivity index (χ3v) is 5.61. The van der Waals surface area contributed by atoms with E-state index in [0.29, 0.717) is 18.7 Å². The predicted molar refractivity (Wildman–Crippen MR) is 85.3 cm³/mol. The van der Waals surface area contributed by atoms with Crippen LogP contribution in [-0.4, -0.2) is 47.1 Å². The van der Waals surface area contributed by atoms with E-state index in [1.165, 1.54) is 22.8 Å². The van der Waals surface area contributed by atoms with Crippen LogP contribution in [0.2, 0.25) is 0 Å². The first-order valence-corrected chi connectivity index (χ1v) is 8.89. The van der Waals surface area contributed by atoms with Crippen LogP contribution in [-0.2, 0) is 21.7 Å². The highest BCUT2D eigenvalue weighted by Gasteiger charge is 2.40. The van der Waals surface area contributed by atoms with Gasteiger partial charge < -0.3 is 9.47 Å². The molecule has 0 aliphatic heterocycles. The lowest BCUT2D eigenvalue weighted by Gasteiger charge is -2.25. The molecule has 0 saturated heterocycles. The molecule has 0 bridgehead atoms. The summed E-state index contributed by atoms with van der Waals surface area (Å²) in [7, 11) is -2.47. The van der Waals surface area contributed by atoms with Gasteiger partial charge in [0, 0.05) is 20.1 Å². The lowest BCUT2D eigenvalue weighted by Crippen LogP contribution is -2.38. The maximum absolute atomic E-state index is 13.0. The van der Waals surface area contributed by atoms with Crippen LogP contribution in [0.15, 0.2) is 41.8 Å². The van der Waals surface area contributed by atoms with Gasteiger partial charge >= 0.3 is 0 Å². The van der Waals surface area contributed by atoms with E-state index in [4.69, 9.17) is 0 Å². The SMILES string of the molecule is CCN(CC)C(=O)[C@@H](c1ccccc1)S(=O)(=O)c1nncn1C. The Labute approximate surface area is 135 Å². The molecule has 0 N–H and O–H groups in total. The second-order valence-corrected chi connectivity index (χ2v) is 7.00. The minimum Gasteiger partial charge on any atom is -0.342 e. The first kappa shape index (κ1) is 17.1. The van der Waals surface area contributed by atoms with Crippen molar-refractivity contribution in [1.82, 2.24) is 19.7 Å². The molecule has 2 rings (SSSR count). The van der Waals surface area contributed by atoms with Gasteiger partial charge in [0.1, 0.15) is 6.33 Å². The van der Waals surface area contributed by atoms with E-state index in [9.17, 15) is 13.2 Å². The molecular weight excluding hydrogens is 316 g/mol. The average molecular weight is 336 g/mol. The highest BCUT2D eigenvalue weighted by molar-refractivity contribution is 7.92. The van der Waals surface area contributed by atoms with Crippen molar-refractivity contribution in [3.8, 4) is 0 Å². The second kappa shape index (κ2) is 6.91. The van der Waals surface area contributed by atoms with Crippen LogP contribution in [0.1, 0.15) is 24.7 Å².